The van der Waals surface area contributed by atoms with Gasteiger partial charge in [0.1, 0.15) is 16.2 Å². The van der Waals surface area contributed by atoms with E-state index in [-0.39, 0.29) is 43.7 Å². The summed E-state index contributed by atoms with van der Waals surface area (Å²) in [4.78, 5) is 12.1. The normalized spacial score (nSPS) is 11.6. The zero-order valence-electron chi connectivity index (χ0n) is 17.0. The van der Waals surface area contributed by atoms with Crippen LogP contribution in [0.2, 0.25) is 5.02 Å². The van der Waals surface area contributed by atoms with Gasteiger partial charge in [-0.15, -0.1) is 0 Å². The Bertz CT molecular complexity index is 1200. The molecule has 0 amide bonds. The average molecular weight is 456 g/mol. The van der Waals surface area contributed by atoms with E-state index < -0.39 is 9.84 Å². The number of unbranched alkanes of at least 4 members (excludes halogenated alkanes) is 1. The fraction of sp³-hybridized carbons (Fsp3) is 0.389. The van der Waals surface area contributed by atoms with Crippen LogP contribution >= 0.6 is 11.6 Å². The second kappa shape index (κ2) is 8.52. The van der Waals surface area contributed by atoms with E-state index in [9.17, 15) is 8.42 Å². The maximum atomic E-state index is 13.6. The number of hydrogen-bond acceptors (Lipinski definition) is 9. The van der Waals surface area contributed by atoms with E-state index in [0.29, 0.717) is 18.6 Å². The lowest BCUT2D eigenvalue weighted by molar-refractivity contribution is 0.323. The van der Waals surface area contributed by atoms with E-state index in [4.69, 9.17) is 31.5 Å². The molecular formula is C18H22ClN5O5S. The van der Waals surface area contributed by atoms with E-state index in [1.807, 2.05) is 6.92 Å². The Morgan fingerprint density at radius 2 is 1.83 bits per heavy atom. The van der Waals surface area contributed by atoms with Gasteiger partial charge in [0.15, 0.2) is 28.5 Å². The van der Waals surface area contributed by atoms with Gasteiger partial charge in [0, 0.05) is 12.6 Å². The van der Waals surface area contributed by atoms with Gasteiger partial charge < -0.3 is 19.9 Å². The van der Waals surface area contributed by atoms with Gasteiger partial charge in [-0.25, -0.2) is 23.4 Å². The van der Waals surface area contributed by atoms with Gasteiger partial charge in [-0.2, -0.15) is 0 Å². The third-order valence-corrected chi connectivity index (χ3v) is 6.71. The van der Waals surface area contributed by atoms with Crippen LogP contribution in [0.1, 0.15) is 19.8 Å². The fourth-order valence-corrected chi connectivity index (χ4v) is 5.04. The van der Waals surface area contributed by atoms with Crippen LogP contribution in [0.3, 0.4) is 0 Å². The minimum atomic E-state index is -4.22. The van der Waals surface area contributed by atoms with Crippen molar-refractivity contribution < 1.29 is 22.6 Å². The van der Waals surface area contributed by atoms with Crippen molar-refractivity contribution in [1.82, 2.24) is 19.5 Å². The van der Waals surface area contributed by atoms with Crippen molar-refractivity contribution in [3.63, 3.8) is 0 Å². The second-order valence-corrected chi connectivity index (χ2v) is 8.48. The number of imidazole rings is 1. The predicted molar refractivity (Wildman–Crippen MR) is 111 cm³/mol. The van der Waals surface area contributed by atoms with Gasteiger partial charge in [-0.3, -0.25) is 4.57 Å². The lowest BCUT2D eigenvalue weighted by Crippen LogP contribution is -2.13. The Labute approximate surface area is 178 Å². The van der Waals surface area contributed by atoms with Crippen molar-refractivity contribution in [3.8, 4) is 17.2 Å². The van der Waals surface area contributed by atoms with Crippen molar-refractivity contribution >= 4 is 38.4 Å². The van der Waals surface area contributed by atoms with Crippen LogP contribution < -0.4 is 19.9 Å². The third kappa shape index (κ3) is 3.47. The standard InChI is InChI=1S/C18H22ClN5O5S/c1-5-6-7-24-17-13(16(20)21-9-22-17)23-18(24)30(25,26)11-8-10(27-2)14(28-3)15(29-4)12(11)19/h8-9H,5-7H2,1-4H3,(H2,20,21,22). The van der Waals surface area contributed by atoms with Gasteiger partial charge in [-0.1, -0.05) is 24.9 Å². The summed E-state index contributed by atoms with van der Waals surface area (Å²) in [7, 11) is -0.0823. The second-order valence-electron chi connectivity index (χ2n) is 6.29. The van der Waals surface area contributed by atoms with E-state index in [0.717, 1.165) is 6.42 Å². The molecular weight excluding hydrogens is 434 g/mol. The molecule has 0 spiro atoms. The molecule has 0 saturated heterocycles. The Morgan fingerprint density at radius 1 is 1.13 bits per heavy atom. The highest BCUT2D eigenvalue weighted by atomic mass is 35.5. The number of nitrogen functional groups attached to an aromatic ring is 1. The average Bonchev–Trinajstić information content (AvgIpc) is 3.12. The number of aromatic nitrogens is 4. The van der Waals surface area contributed by atoms with Crippen LogP contribution in [0.15, 0.2) is 22.4 Å². The van der Waals surface area contributed by atoms with Crippen LogP contribution in [0, 0.1) is 0 Å². The molecule has 1 aromatic carbocycles. The van der Waals surface area contributed by atoms with Crippen molar-refractivity contribution in [2.24, 2.45) is 0 Å². The number of benzene rings is 1. The quantitative estimate of drug-likeness (QED) is 0.544. The van der Waals surface area contributed by atoms with Crippen LogP contribution in [0.4, 0.5) is 5.82 Å². The highest BCUT2D eigenvalue weighted by Crippen LogP contribution is 2.47. The van der Waals surface area contributed by atoms with E-state index in [1.54, 1.807) is 0 Å². The van der Waals surface area contributed by atoms with E-state index >= 15 is 0 Å². The highest BCUT2D eigenvalue weighted by molar-refractivity contribution is 7.91. The first kappa shape index (κ1) is 21.9. The molecule has 10 nitrogen and oxygen atoms in total. The SMILES string of the molecule is CCCCn1c(S(=O)(=O)c2cc(OC)c(OC)c(OC)c2Cl)nc2c(N)ncnc21. The summed E-state index contributed by atoms with van der Waals surface area (Å²) in [5.74, 6) is 0.446. The fourth-order valence-electron chi connectivity index (χ4n) is 3.05. The van der Waals surface area contributed by atoms with Crippen LogP contribution in [-0.2, 0) is 16.4 Å². The number of sulfone groups is 1. The molecule has 0 fully saturated rings. The van der Waals surface area contributed by atoms with Crippen molar-refractivity contribution in [2.45, 2.75) is 36.4 Å². The molecule has 0 aliphatic carbocycles. The molecule has 2 aromatic heterocycles. The third-order valence-electron chi connectivity index (χ3n) is 4.53. The number of rotatable bonds is 8. The van der Waals surface area contributed by atoms with Crippen molar-refractivity contribution in [2.75, 3.05) is 27.1 Å². The number of halogens is 1. The summed E-state index contributed by atoms with van der Waals surface area (Å²) in [6.45, 7) is 2.37. The summed E-state index contributed by atoms with van der Waals surface area (Å²) in [6.07, 6.45) is 2.82. The number of aryl methyl sites for hydroxylation is 1. The summed E-state index contributed by atoms with van der Waals surface area (Å²) >= 11 is 6.41. The van der Waals surface area contributed by atoms with Crippen molar-refractivity contribution in [3.05, 3.63) is 17.4 Å². The zero-order chi connectivity index (χ0) is 22.1. The molecule has 162 valence electrons. The number of methoxy groups -OCH3 is 3. The lowest BCUT2D eigenvalue weighted by Gasteiger charge is -2.17. The molecule has 0 bridgehead atoms. The van der Waals surface area contributed by atoms with Crippen LogP contribution in [0.25, 0.3) is 11.2 Å². The molecule has 30 heavy (non-hydrogen) atoms. The number of nitrogens with zero attached hydrogens (tertiary/aromatic N) is 4. The summed E-state index contributed by atoms with van der Waals surface area (Å²) in [6, 6.07) is 1.28. The Balaban J connectivity index is 2.34. The van der Waals surface area contributed by atoms with Gasteiger partial charge >= 0.3 is 0 Å². The molecule has 12 heteroatoms. The molecule has 0 radical (unpaired) electrons. The number of hydrogen-bond donors (Lipinski definition) is 1. The number of anilines is 1. The minimum Gasteiger partial charge on any atom is -0.493 e. The minimum absolute atomic E-state index is 0.0348. The summed E-state index contributed by atoms with van der Waals surface area (Å²) < 4.78 is 44.6. The Hall–Kier alpha value is -2.79. The summed E-state index contributed by atoms with van der Waals surface area (Å²) in [5, 5.41) is -0.391. The smallest absolute Gasteiger partial charge is 0.241 e. The van der Waals surface area contributed by atoms with Crippen LogP contribution in [0.5, 0.6) is 17.2 Å². The molecule has 0 aliphatic heterocycles. The van der Waals surface area contributed by atoms with Crippen LogP contribution in [-0.4, -0.2) is 49.3 Å². The van der Waals surface area contributed by atoms with Gasteiger partial charge in [0.2, 0.25) is 20.7 Å². The topological polar surface area (TPSA) is 131 Å². The molecule has 3 aromatic rings. The number of fused-ring (bicyclic) bond motifs is 1. The van der Waals surface area contributed by atoms with E-state index in [1.165, 1.54) is 38.3 Å². The lowest BCUT2D eigenvalue weighted by atomic mass is 10.3. The highest BCUT2D eigenvalue weighted by Gasteiger charge is 2.33. The van der Waals surface area contributed by atoms with Crippen molar-refractivity contribution in [1.29, 1.82) is 0 Å². The molecule has 0 unspecified atom stereocenters. The largest absolute Gasteiger partial charge is 0.493 e. The molecule has 0 atom stereocenters. The first-order chi connectivity index (χ1) is 14.3. The van der Waals surface area contributed by atoms with Gasteiger partial charge in [0.25, 0.3) is 0 Å². The molecule has 0 aliphatic rings. The first-order valence-electron chi connectivity index (χ1n) is 9.02. The molecule has 2 heterocycles. The summed E-state index contributed by atoms with van der Waals surface area (Å²) in [5.41, 5.74) is 6.44. The Kier molecular flexibility index (Phi) is 6.22. The number of nitrogens with two attached hydrogens (primary N) is 1. The molecule has 2 N–H and O–H groups in total. The first-order valence-corrected chi connectivity index (χ1v) is 10.9. The monoisotopic (exact) mass is 455 g/mol. The maximum absolute atomic E-state index is 13.6. The van der Waals surface area contributed by atoms with E-state index in [2.05, 4.69) is 15.0 Å². The predicted octanol–water partition coefficient (Wildman–Crippen LogP) is 2.72. The van der Waals surface area contributed by atoms with Gasteiger partial charge in [-0.05, 0) is 6.42 Å². The number of ether oxygens (including phenoxy) is 3. The molecule has 0 saturated carbocycles. The zero-order valence-corrected chi connectivity index (χ0v) is 18.5. The Morgan fingerprint density at radius 3 is 2.43 bits per heavy atom. The molecule has 3 rings (SSSR count). The maximum Gasteiger partial charge on any atom is 0.241 e. The van der Waals surface area contributed by atoms with Gasteiger partial charge in [0.05, 0.1) is 21.3 Å².